The Labute approximate surface area is 330 Å². The molecule has 11 aromatic rings. The van der Waals surface area contributed by atoms with E-state index in [-0.39, 0.29) is 0 Å². The van der Waals surface area contributed by atoms with Crippen LogP contribution in [0.25, 0.3) is 100 Å². The fourth-order valence-corrected chi connectivity index (χ4v) is 8.44. The van der Waals surface area contributed by atoms with E-state index in [0.717, 1.165) is 44.6 Å². The fraction of sp³-hybridized carbons (Fsp3) is 0.0189. The van der Waals surface area contributed by atoms with Gasteiger partial charge in [-0.15, -0.1) is 0 Å². The average Bonchev–Trinajstić information content (AvgIpc) is 3.80. The highest BCUT2D eigenvalue weighted by molar-refractivity contribution is 6.26. The number of aromatic nitrogens is 4. The monoisotopic (exact) mass is 728 g/mol. The molecular weight excluding hydrogens is 693 g/mol. The van der Waals surface area contributed by atoms with Crippen molar-refractivity contribution in [2.75, 3.05) is 0 Å². The van der Waals surface area contributed by atoms with Crippen molar-refractivity contribution in [2.24, 2.45) is 0 Å². The van der Waals surface area contributed by atoms with E-state index in [1.807, 2.05) is 0 Å². The van der Waals surface area contributed by atoms with E-state index in [2.05, 4.69) is 216 Å². The summed E-state index contributed by atoms with van der Waals surface area (Å²) in [5.74, 6) is 0.630. The van der Waals surface area contributed by atoms with E-state index in [0.29, 0.717) is 5.95 Å². The molecule has 11 rings (SSSR count). The first-order valence-electron chi connectivity index (χ1n) is 19.4. The lowest BCUT2D eigenvalue weighted by Crippen LogP contribution is -2.04. The van der Waals surface area contributed by atoms with Gasteiger partial charge in [0.05, 0.1) is 33.5 Å². The van der Waals surface area contributed by atoms with Gasteiger partial charge in [0.2, 0.25) is 5.95 Å². The Morgan fingerprint density at radius 2 is 0.825 bits per heavy atom. The molecule has 0 N–H and O–H groups in total. The molecule has 0 amide bonds. The molecule has 0 bridgehead atoms. The molecule has 4 nitrogen and oxygen atoms in total. The van der Waals surface area contributed by atoms with Crippen LogP contribution in [-0.2, 0) is 0 Å². The first kappa shape index (κ1) is 32.8. The van der Waals surface area contributed by atoms with Crippen molar-refractivity contribution in [2.45, 2.75) is 6.92 Å². The van der Waals surface area contributed by atoms with Crippen LogP contribution in [0.5, 0.6) is 0 Å². The van der Waals surface area contributed by atoms with Crippen molar-refractivity contribution in [3.05, 3.63) is 206 Å². The Morgan fingerprint density at radius 3 is 1.44 bits per heavy atom. The van der Waals surface area contributed by atoms with Crippen LogP contribution < -0.4 is 0 Å². The highest BCUT2D eigenvalue weighted by Crippen LogP contribution is 2.42. The minimum atomic E-state index is 0.630. The molecule has 0 saturated heterocycles. The van der Waals surface area contributed by atoms with Crippen molar-refractivity contribution in [1.29, 1.82) is 0 Å². The molecule has 0 saturated carbocycles. The van der Waals surface area contributed by atoms with Gasteiger partial charge in [-0.1, -0.05) is 169 Å². The Balaban J connectivity index is 1.16. The summed E-state index contributed by atoms with van der Waals surface area (Å²) in [5, 5.41) is 4.77. The van der Waals surface area contributed by atoms with Gasteiger partial charge in [0.1, 0.15) is 0 Å². The van der Waals surface area contributed by atoms with Gasteiger partial charge in [0.25, 0.3) is 0 Å². The normalized spacial score (nSPS) is 11.6. The molecule has 8 aromatic carbocycles. The quantitative estimate of drug-likeness (QED) is 0.171. The minimum absolute atomic E-state index is 0.630. The van der Waals surface area contributed by atoms with Crippen LogP contribution in [-0.4, -0.2) is 19.1 Å². The second kappa shape index (κ2) is 13.3. The number of hydrogen-bond acceptors (Lipinski definition) is 2. The molecular formula is C53H36N4. The summed E-state index contributed by atoms with van der Waals surface area (Å²) < 4.78 is 4.67. The Morgan fingerprint density at radius 1 is 0.351 bits per heavy atom. The van der Waals surface area contributed by atoms with Gasteiger partial charge in [0.15, 0.2) is 0 Å². The molecule has 0 radical (unpaired) electrons. The lowest BCUT2D eigenvalue weighted by molar-refractivity contribution is 0.996. The number of hydrogen-bond donors (Lipinski definition) is 0. The van der Waals surface area contributed by atoms with Gasteiger partial charge < -0.3 is 4.57 Å². The highest BCUT2D eigenvalue weighted by atomic mass is 15.2. The van der Waals surface area contributed by atoms with Crippen molar-refractivity contribution in [3.8, 4) is 56.4 Å². The molecule has 268 valence electrons. The van der Waals surface area contributed by atoms with Crippen LogP contribution in [0.4, 0.5) is 0 Å². The van der Waals surface area contributed by atoms with Gasteiger partial charge in [-0.3, -0.25) is 4.57 Å². The van der Waals surface area contributed by atoms with E-state index < -0.39 is 0 Å². The van der Waals surface area contributed by atoms with Crippen molar-refractivity contribution in [1.82, 2.24) is 19.1 Å². The Kier molecular flexibility index (Phi) is 7.68. The summed E-state index contributed by atoms with van der Waals surface area (Å²) >= 11 is 0. The summed E-state index contributed by atoms with van der Waals surface area (Å²) in [4.78, 5) is 10.8. The van der Waals surface area contributed by atoms with Crippen LogP contribution in [0.3, 0.4) is 0 Å². The van der Waals surface area contributed by atoms with Crippen molar-refractivity contribution < 1.29 is 0 Å². The second-order valence-electron chi connectivity index (χ2n) is 14.7. The lowest BCUT2D eigenvalue weighted by atomic mass is 10.0. The highest BCUT2D eigenvalue weighted by Gasteiger charge is 2.22. The van der Waals surface area contributed by atoms with E-state index >= 15 is 0 Å². The molecule has 4 heteroatoms. The SMILES string of the molecule is Cc1ccc(-c2ccc(-c3cc(-c4ccc(-c5ccccc5)cc4)nc(-n4c5ccccc5c5c4ccc4c6ccccc6n(-c6ccccc6)c45)n3)cc2)cc1. The topological polar surface area (TPSA) is 35.6 Å². The van der Waals surface area contributed by atoms with Gasteiger partial charge in [0, 0.05) is 38.4 Å². The van der Waals surface area contributed by atoms with Crippen LogP contribution in [0, 0.1) is 6.92 Å². The predicted molar refractivity (Wildman–Crippen MR) is 237 cm³/mol. The predicted octanol–water partition coefficient (Wildman–Crippen LogP) is 13.6. The summed E-state index contributed by atoms with van der Waals surface area (Å²) in [7, 11) is 0. The molecule has 3 heterocycles. The standard InChI is InChI=1S/C53H36N4/c1-35-20-22-37(23-21-35)39-26-30-41(31-27-39)47-34-46(40-28-24-38(25-29-40)36-12-4-2-5-13-36)54-53(55-47)57-49-19-11-9-17-45(49)51-50(57)33-32-44-43-16-8-10-18-48(43)56(52(44)51)42-14-6-3-7-15-42/h2-34H,1H3. The number of aryl methyl sites for hydroxylation is 1. The summed E-state index contributed by atoms with van der Waals surface area (Å²) in [5.41, 5.74) is 15.4. The zero-order valence-electron chi connectivity index (χ0n) is 31.3. The smallest absolute Gasteiger partial charge is 0.235 e. The number of fused-ring (bicyclic) bond motifs is 7. The Hall–Kier alpha value is -7.56. The lowest BCUT2D eigenvalue weighted by Gasteiger charge is -2.13. The van der Waals surface area contributed by atoms with Crippen molar-refractivity contribution in [3.63, 3.8) is 0 Å². The first-order valence-corrected chi connectivity index (χ1v) is 19.4. The maximum absolute atomic E-state index is 5.40. The fourth-order valence-electron chi connectivity index (χ4n) is 8.44. The third-order valence-corrected chi connectivity index (χ3v) is 11.3. The van der Waals surface area contributed by atoms with Gasteiger partial charge in [-0.05, 0) is 65.6 Å². The largest absolute Gasteiger partial charge is 0.309 e. The third-order valence-electron chi connectivity index (χ3n) is 11.3. The molecule has 0 spiro atoms. The zero-order chi connectivity index (χ0) is 37.9. The molecule has 0 aliphatic rings. The zero-order valence-corrected chi connectivity index (χ0v) is 31.3. The average molecular weight is 729 g/mol. The van der Waals surface area contributed by atoms with Gasteiger partial charge in [-0.2, -0.15) is 0 Å². The van der Waals surface area contributed by atoms with Gasteiger partial charge in [-0.25, -0.2) is 9.97 Å². The molecule has 0 aliphatic heterocycles. The molecule has 0 atom stereocenters. The number of nitrogens with zero attached hydrogens (tertiary/aromatic N) is 4. The van der Waals surface area contributed by atoms with E-state index in [1.54, 1.807) is 0 Å². The van der Waals surface area contributed by atoms with E-state index in [9.17, 15) is 0 Å². The molecule has 0 aliphatic carbocycles. The maximum atomic E-state index is 5.40. The van der Waals surface area contributed by atoms with E-state index in [1.165, 1.54) is 55.0 Å². The number of rotatable bonds is 6. The van der Waals surface area contributed by atoms with Crippen LogP contribution in [0.15, 0.2) is 200 Å². The summed E-state index contributed by atoms with van der Waals surface area (Å²) in [6.07, 6.45) is 0. The first-order chi connectivity index (χ1) is 28.2. The minimum Gasteiger partial charge on any atom is -0.309 e. The summed E-state index contributed by atoms with van der Waals surface area (Å²) in [6, 6.07) is 71.3. The van der Waals surface area contributed by atoms with Crippen LogP contribution in [0.1, 0.15) is 5.56 Å². The second-order valence-corrected chi connectivity index (χ2v) is 14.7. The molecule has 57 heavy (non-hydrogen) atoms. The molecule has 3 aromatic heterocycles. The number of para-hydroxylation sites is 3. The third kappa shape index (κ3) is 5.53. The summed E-state index contributed by atoms with van der Waals surface area (Å²) in [6.45, 7) is 2.12. The number of benzene rings is 8. The van der Waals surface area contributed by atoms with E-state index in [4.69, 9.17) is 9.97 Å². The van der Waals surface area contributed by atoms with Crippen molar-refractivity contribution >= 4 is 43.6 Å². The maximum Gasteiger partial charge on any atom is 0.235 e. The molecule has 0 fully saturated rings. The Bertz CT molecular complexity index is 3250. The van der Waals surface area contributed by atoms with Gasteiger partial charge >= 0.3 is 0 Å². The van der Waals surface area contributed by atoms with Crippen LogP contribution in [0.2, 0.25) is 0 Å². The molecule has 0 unspecified atom stereocenters. The van der Waals surface area contributed by atoms with Crippen LogP contribution >= 0.6 is 0 Å².